The van der Waals surface area contributed by atoms with Crippen molar-refractivity contribution in [2.24, 2.45) is 0 Å². The number of fused-ring (bicyclic) bond motifs is 1. The molecule has 6 heteroatoms. The van der Waals surface area contributed by atoms with Crippen LogP contribution in [0.2, 0.25) is 0 Å². The number of benzene rings is 3. The Morgan fingerprint density at radius 1 is 0.808 bits per heavy atom. The Labute approximate surface area is 146 Å². The van der Waals surface area contributed by atoms with Crippen LogP contribution in [0.5, 0.6) is 11.5 Å². The predicted molar refractivity (Wildman–Crippen MR) is 87.9 cm³/mol. The molecule has 4 rings (SSSR count). The van der Waals surface area contributed by atoms with E-state index in [0.29, 0.717) is 5.56 Å². The highest BCUT2D eigenvalue weighted by Gasteiger charge is 2.49. The van der Waals surface area contributed by atoms with Gasteiger partial charge in [0.1, 0.15) is 0 Å². The van der Waals surface area contributed by atoms with E-state index in [1.807, 2.05) is 0 Å². The molecule has 0 bridgehead atoms. The quantitative estimate of drug-likeness (QED) is 0.686. The molecule has 0 atom stereocenters. The van der Waals surface area contributed by atoms with Gasteiger partial charge in [0.05, 0.1) is 5.56 Å². The van der Waals surface area contributed by atoms with Crippen molar-refractivity contribution in [2.75, 3.05) is 0 Å². The van der Waals surface area contributed by atoms with Gasteiger partial charge in [-0.1, -0.05) is 30.3 Å². The van der Waals surface area contributed by atoms with E-state index in [4.69, 9.17) is 4.74 Å². The lowest BCUT2D eigenvalue weighted by Crippen LogP contribution is -2.29. The third kappa shape index (κ3) is 2.15. The summed E-state index contributed by atoms with van der Waals surface area (Å²) in [5, 5.41) is 19.0. The highest BCUT2D eigenvalue weighted by Crippen LogP contribution is 2.48. The average molecular weight is 354 g/mol. The van der Waals surface area contributed by atoms with Crippen LogP contribution in [0.4, 0.5) is 8.78 Å². The molecule has 3 aromatic carbocycles. The number of ether oxygens (including phenoxy) is 1. The Morgan fingerprint density at radius 2 is 1.35 bits per heavy atom. The number of halogens is 2. The van der Waals surface area contributed by atoms with E-state index < -0.39 is 34.7 Å². The smallest absolute Gasteiger partial charge is 0.340 e. The molecule has 1 heterocycles. The van der Waals surface area contributed by atoms with Gasteiger partial charge >= 0.3 is 5.97 Å². The normalized spacial score (nSPS) is 14.8. The van der Waals surface area contributed by atoms with Crippen molar-refractivity contribution >= 4 is 5.97 Å². The van der Waals surface area contributed by atoms with E-state index in [1.54, 1.807) is 24.3 Å². The summed E-state index contributed by atoms with van der Waals surface area (Å²) in [6.45, 7) is 0. The first-order valence-electron chi connectivity index (χ1n) is 7.74. The van der Waals surface area contributed by atoms with Crippen molar-refractivity contribution < 1.29 is 28.5 Å². The fourth-order valence-electron chi connectivity index (χ4n) is 3.26. The minimum atomic E-state index is -1.60. The summed E-state index contributed by atoms with van der Waals surface area (Å²) in [5.74, 6) is -3.55. The molecule has 1 aliphatic heterocycles. The molecule has 130 valence electrons. The number of carbonyl (C=O) groups is 1. The number of hydrogen-bond donors (Lipinski definition) is 2. The molecule has 0 amide bonds. The van der Waals surface area contributed by atoms with Crippen LogP contribution in [0.15, 0.2) is 60.7 Å². The number of hydrogen-bond acceptors (Lipinski definition) is 4. The van der Waals surface area contributed by atoms with Gasteiger partial charge in [0.2, 0.25) is 0 Å². The molecule has 0 saturated carbocycles. The van der Waals surface area contributed by atoms with Crippen LogP contribution in [0.1, 0.15) is 27.0 Å². The van der Waals surface area contributed by atoms with Crippen molar-refractivity contribution in [1.29, 1.82) is 0 Å². The van der Waals surface area contributed by atoms with Gasteiger partial charge in [0.15, 0.2) is 28.7 Å². The van der Waals surface area contributed by atoms with Crippen LogP contribution in [0, 0.1) is 11.6 Å². The van der Waals surface area contributed by atoms with E-state index in [9.17, 15) is 23.8 Å². The molecule has 1 aliphatic rings. The largest absolute Gasteiger partial charge is 0.505 e. The minimum Gasteiger partial charge on any atom is -0.505 e. The van der Waals surface area contributed by atoms with Crippen LogP contribution in [0.3, 0.4) is 0 Å². The van der Waals surface area contributed by atoms with E-state index >= 15 is 0 Å². The van der Waals surface area contributed by atoms with E-state index in [-0.39, 0.29) is 16.7 Å². The summed E-state index contributed by atoms with van der Waals surface area (Å²) in [6, 6.07) is 13.7. The second-order valence-corrected chi connectivity index (χ2v) is 5.95. The highest BCUT2D eigenvalue weighted by molar-refractivity contribution is 5.96. The summed E-state index contributed by atoms with van der Waals surface area (Å²) >= 11 is 0. The van der Waals surface area contributed by atoms with Crippen molar-refractivity contribution in [2.45, 2.75) is 5.60 Å². The molecule has 4 nitrogen and oxygen atoms in total. The zero-order valence-corrected chi connectivity index (χ0v) is 13.2. The van der Waals surface area contributed by atoms with Gasteiger partial charge in [-0.25, -0.2) is 13.6 Å². The zero-order valence-electron chi connectivity index (χ0n) is 13.2. The summed E-state index contributed by atoms with van der Waals surface area (Å²) < 4.78 is 33.7. The van der Waals surface area contributed by atoms with Gasteiger partial charge < -0.3 is 14.9 Å². The standard InChI is InChI=1S/C20H12F2O4/c21-15-9-11(5-7-17(15)23)20(12-6-8-18(24)16(22)10-12)14-4-2-1-3-13(14)19(25)26-20/h1-10,23-24H. The van der Waals surface area contributed by atoms with Gasteiger partial charge in [-0.2, -0.15) is 0 Å². The van der Waals surface area contributed by atoms with Crippen LogP contribution in [-0.2, 0) is 10.3 Å². The molecule has 3 aromatic rings. The summed E-state index contributed by atoms with van der Waals surface area (Å²) in [7, 11) is 0. The lowest BCUT2D eigenvalue weighted by atomic mass is 9.80. The van der Waals surface area contributed by atoms with Gasteiger partial charge in [0.25, 0.3) is 0 Å². The monoisotopic (exact) mass is 354 g/mol. The van der Waals surface area contributed by atoms with Crippen LogP contribution >= 0.6 is 0 Å². The molecule has 0 fully saturated rings. The maximum absolute atomic E-state index is 14.0. The molecule has 0 spiro atoms. The highest BCUT2D eigenvalue weighted by atomic mass is 19.1. The topological polar surface area (TPSA) is 66.8 Å². The van der Waals surface area contributed by atoms with E-state index in [1.165, 1.54) is 12.1 Å². The van der Waals surface area contributed by atoms with Crippen molar-refractivity contribution in [1.82, 2.24) is 0 Å². The number of rotatable bonds is 2. The first kappa shape index (κ1) is 16.1. The van der Waals surface area contributed by atoms with Gasteiger partial charge in [-0.3, -0.25) is 0 Å². The molecule has 0 radical (unpaired) electrons. The third-order valence-electron chi connectivity index (χ3n) is 4.48. The van der Waals surface area contributed by atoms with Crippen molar-refractivity contribution in [3.63, 3.8) is 0 Å². The van der Waals surface area contributed by atoms with Crippen molar-refractivity contribution in [3.8, 4) is 11.5 Å². The third-order valence-corrected chi connectivity index (χ3v) is 4.48. The average Bonchev–Trinajstić information content (AvgIpc) is 2.94. The lowest BCUT2D eigenvalue weighted by molar-refractivity contribution is 0.0249. The summed E-state index contributed by atoms with van der Waals surface area (Å²) in [6.07, 6.45) is 0. The fourth-order valence-corrected chi connectivity index (χ4v) is 3.26. The van der Waals surface area contributed by atoms with Crippen LogP contribution in [-0.4, -0.2) is 16.2 Å². The molecule has 26 heavy (non-hydrogen) atoms. The Morgan fingerprint density at radius 3 is 1.88 bits per heavy atom. The van der Waals surface area contributed by atoms with Crippen LogP contribution < -0.4 is 0 Å². The number of phenols is 2. The maximum Gasteiger partial charge on any atom is 0.340 e. The minimum absolute atomic E-state index is 0.205. The summed E-state index contributed by atoms with van der Waals surface area (Å²) in [5.41, 5.74) is -0.501. The Balaban J connectivity index is 2.07. The zero-order chi connectivity index (χ0) is 18.5. The number of aromatic hydroxyl groups is 2. The SMILES string of the molecule is O=C1OC(c2ccc(O)c(F)c2)(c2ccc(O)c(F)c2)c2ccccc21. The Kier molecular flexibility index (Phi) is 3.44. The molecule has 2 N–H and O–H groups in total. The number of esters is 1. The predicted octanol–water partition coefficient (Wildman–Crippen LogP) is 3.84. The molecule has 0 saturated heterocycles. The van der Waals surface area contributed by atoms with Crippen molar-refractivity contribution in [3.05, 3.63) is 94.6 Å². The van der Waals surface area contributed by atoms with Gasteiger partial charge in [-0.15, -0.1) is 0 Å². The number of carbonyl (C=O) groups excluding carboxylic acids is 1. The Bertz CT molecular complexity index is 994. The molecular formula is C20H12F2O4. The first-order chi connectivity index (χ1) is 12.4. The van der Waals surface area contributed by atoms with E-state index in [2.05, 4.69) is 0 Å². The fraction of sp³-hybridized carbons (Fsp3) is 0.0500. The second kappa shape index (κ2) is 5.56. The van der Waals surface area contributed by atoms with Gasteiger partial charge in [0, 0.05) is 16.7 Å². The number of cyclic esters (lactones) is 1. The van der Waals surface area contributed by atoms with E-state index in [0.717, 1.165) is 24.3 Å². The second-order valence-electron chi connectivity index (χ2n) is 5.95. The maximum atomic E-state index is 14.0. The Hall–Kier alpha value is -3.41. The molecular weight excluding hydrogens is 342 g/mol. The van der Waals surface area contributed by atoms with Crippen LogP contribution in [0.25, 0.3) is 0 Å². The van der Waals surface area contributed by atoms with Gasteiger partial charge in [-0.05, 0) is 30.3 Å². The first-order valence-corrected chi connectivity index (χ1v) is 7.74. The molecule has 0 unspecified atom stereocenters. The summed E-state index contributed by atoms with van der Waals surface area (Å²) in [4.78, 5) is 12.4. The molecule has 0 aromatic heterocycles. The lowest BCUT2D eigenvalue weighted by Gasteiger charge is -2.30. The molecule has 0 aliphatic carbocycles. The number of phenolic OH excluding ortho intramolecular Hbond substituents is 2.